The molecule has 0 saturated carbocycles. The van der Waals surface area contributed by atoms with Gasteiger partial charge in [-0.1, -0.05) is 61.5 Å². The number of rotatable bonds is 10. The van der Waals surface area contributed by atoms with Crippen molar-refractivity contribution < 1.29 is 22.5 Å². The number of carbonyl (C=O) groups is 2. The molecular formula is C36H35N5O5S. The second kappa shape index (κ2) is 12.8. The Bertz CT molecular complexity index is 2090. The molecule has 1 aliphatic heterocycles. The summed E-state index contributed by atoms with van der Waals surface area (Å²) < 4.78 is 33.5. The van der Waals surface area contributed by atoms with E-state index >= 15 is 0 Å². The molecule has 4 aromatic carbocycles. The molecule has 240 valence electrons. The van der Waals surface area contributed by atoms with Gasteiger partial charge in [-0.25, -0.2) is 13.1 Å². The number of aryl methyl sites for hydroxylation is 1. The third-order valence-electron chi connectivity index (χ3n) is 8.21. The minimum Gasteiger partial charge on any atom is -0.373 e. The Labute approximate surface area is 274 Å². The second-order valence-corrected chi connectivity index (χ2v) is 13.7. The third-order valence-corrected chi connectivity index (χ3v) is 9.70. The monoisotopic (exact) mass is 649 g/mol. The van der Waals surface area contributed by atoms with Gasteiger partial charge in [-0.3, -0.25) is 9.59 Å². The number of carbonyl (C=O) groups excluding carboxylic acids is 2. The zero-order chi connectivity index (χ0) is 33.3. The van der Waals surface area contributed by atoms with Crippen LogP contribution in [-0.4, -0.2) is 44.0 Å². The molecule has 0 radical (unpaired) electrons. The maximum Gasteiger partial charge on any atom is 0.265 e. The molecule has 0 spiro atoms. The summed E-state index contributed by atoms with van der Waals surface area (Å²) in [5.41, 5.74) is 5.05. The Hall–Kier alpha value is -5.29. The maximum atomic E-state index is 13.5. The highest BCUT2D eigenvalue weighted by atomic mass is 32.2. The number of nitrogens with zero attached hydrogens (tertiary/aromatic N) is 4. The van der Waals surface area contributed by atoms with Crippen molar-refractivity contribution in [3.05, 3.63) is 113 Å². The number of aromatic nitrogens is 2. The first-order valence-corrected chi connectivity index (χ1v) is 16.8. The Morgan fingerprint density at radius 3 is 2.51 bits per heavy atom. The van der Waals surface area contributed by atoms with Crippen molar-refractivity contribution in [3.8, 4) is 22.8 Å². The van der Waals surface area contributed by atoms with Crippen LogP contribution < -0.4 is 14.5 Å². The summed E-state index contributed by atoms with van der Waals surface area (Å²) in [7, 11) is -2.06. The number of sulfonamides is 1. The van der Waals surface area contributed by atoms with Gasteiger partial charge in [-0.05, 0) is 78.9 Å². The summed E-state index contributed by atoms with van der Waals surface area (Å²) in [5.74, 6) is 0.134. The molecule has 1 aliphatic rings. The molecule has 0 fully saturated rings. The van der Waals surface area contributed by atoms with Crippen LogP contribution in [0, 0.1) is 12.8 Å². The fourth-order valence-electron chi connectivity index (χ4n) is 5.57. The minimum absolute atomic E-state index is 0.0297. The van der Waals surface area contributed by atoms with E-state index in [9.17, 15) is 18.0 Å². The van der Waals surface area contributed by atoms with Crippen molar-refractivity contribution in [1.29, 1.82) is 0 Å². The summed E-state index contributed by atoms with van der Waals surface area (Å²) in [6, 6.07) is 26.1. The largest absolute Gasteiger partial charge is 0.373 e. The van der Waals surface area contributed by atoms with Gasteiger partial charge in [0.2, 0.25) is 5.82 Å². The molecule has 0 bridgehead atoms. The Balaban J connectivity index is 1.29. The summed E-state index contributed by atoms with van der Waals surface area (Å²) in [6.07, 6.45) is 0.995. The van der Waals surface area contributed by atoms with Gasteiger partial charge >= 0.3 is 0 Å². The van der Waals surface area contributed by atoms with Crippen LogP contribution in [0.1, 0.15) is 52.1 Å². The molecule has 6 rings (SSSR count). The third kappa shape index (κ3) is 6.52. The predicted molar refractivity (Wildman–Crippen MR) is 181 cm³/mol. The number of amides is 2. The Morgan fingerprint density at radius 1 is 0.979 bits per heavy atom. The molecule has 47 heavy (non-hydrogen) atoms. The lowest BCUT2D eigenvalue weighted by molar-refractivity contribution is 0.0977. The highest BCUT2D eigenvalue weighted by molar-refractivity contribution is 7.90. The molecule has 1 aromatic heterocycles. The van der Waals surface area contributed by atoms with Gasteiger partial charge in [-0.15, -0.1) is 0 Å². The van der Waals surface area contributed by atoms with E-state index in [1.54, 1.807) is 42.2 Å². The number of fused-ring (bicyclic) bond motifs is 1. The van der Waals surface area contributed by atoms with Crippen LogP contribution in [-0.2, 0) is 16.6 Å². The fraction of sp³-hybridized carbons (Fsp3) is 0.222. The predicted octanol–water partition coefficient (Wildman–Crippen LogP) is 6.47. The summed E-state index contributed by atoms with van der Waals surface area (Å²) >= 11 is 0. The number of benzene rings is 4. The van der Waals surface area contributed by atoms with E-state index in [1.165, 1.54) is 18.2 Å². The van der Waals surface area contributed by atoms with Crippen LogP contribution in [0.3, 0.4) is 0 Å². The highest BCUT2D eigenvalue weighted by Gasteiger charge is 2.31. The average Bonchev–Trinajstić information content (AvgIpc) is 3.69. The normalized spacial score (nSPS) is 12.8. The fourth-order valence-corrected chi connectivity index (χ4v) is 6.79. The molecular weight excluding hydrogens is 614 g/mol. The van der Waals surface area contributed by atoms with Crippen LogP contribution in [0.5, 0.6) is 0 Å². The lowest BCUT2D eigenvalue weighted by atomic mass is 10.1. The first-order chi connectivity index (χ1) is 22.5. The van der Waals surface area contributed by atoms with E-state index in [1.807, 2.05) is 49.5 Å². The van der Waals surface area contributed by atoms with E-state index in [0.717, 1.165) is 29.9 Å². The van der Waals surface area contributed by atoms with E-state index in [2.05, 4.69) is 33.6 Å². The zero-order valence-electron chi connectivity index (χ0n) is 26.6. The van der Waals surface area contributed by atoms with Gasteiger partial charge < -0.3 is 14.3 Å². The zero-order valence-corrected chi connectivity index (χ0v) is 27.4. The number of nitrogens with one attached hydrogen (secondary N) is 1. The summed E-state index contributed by atoms with van der Waals surface area (Å²) in [6.45, 7) is 7.30. The average molecular weight is 650 g/mol. The first kappa shape index (κ1) is 31.7. The smallest absolute Gasteiger partial charge is 0.265 e. The molecule has 10 nitrogen and oxygen atoms in total. The Kier molecular flexibility index (Phi) is 8.65. The molecule has 2 heterocycles. The molecule has 0 aliphatic carbocycles. The van der Waals surface area contributed by atoms with Crippen molar-refractivity contribution >= 4 is 33.2 Å². The molecule has 0 unspecified atom stereocenters. The molecule has 0 saturated heterocycles. The van der Waals surface area contributed by atoms with Gasteiger partial charge in [0.05, 0.1) is 22.8 Å². The number of anilines is 2. The molecule has 11 heteroatoms. The van der Waals surface area contributed by atoms with Crippen LogP contribution in [0.25, 0.3) is 22.8 Å². The van der Waals surface area contributed by atoms with Crippen LogP contribution in [0.2, 0.25) is 0 Å². The lowest BCUT2D eigenvalue weighted by Crippen LogP contribution is -2.31. The van der Waals surface area contributed by atoms with Crippen molar-refractivity contribution in [2.75, 3.05) is 23.4 Å². The molecule has 2 amide bonds. The van der Waals surface area contributed by atoms with E-state index < -0.39 is 15.9 Å². The lowest BCUT2D eigenvalue weighted by Gasteiger charge is -2.27. The summed E-state index contributed by atoms with van der Waals surface area (Å²) in [4.78, 5) is 35.1. The van der Waals surface area contributed by atoms with Gasteiger partial charge in [-0.2, -0.15) is 4.98 Å². The van der Waals surface area contributed by atoms with Crippen molar-refractivity contribution in [1.82, 2.24) is 14.9 Å². The van der Waals surface area contributed by atoms with Gasteiger partial charge in [0.1, 0.15) is 0 Å². The van der Waals surface area contributed by atoms with Gasteiger partial charge in [0, 0.05) is 35.8 Å². The van der Waals surface area contributed by atoms with E-state index in [4.69, 9.17) is 4.52 Å². The molecule has 0 atom stereocenters. The Morgan fingerprint density at radius 2 is 1.74 bits per heavy atom. The van der Waals surface area contributed by atoms with Crippen molar-refractivity contribution in [3.63, 3.8) is 0 Å². The minimum atomic E-state index is -4.08. The summed E-state index contributed by atoms with van der Waals surface area (Å²) in [5, 5.41) is 4.21. The van der Waals surface area contributed by atoms with Crippen molar-refractivity contribution in [2.24, 2.45) is 5.92 Å². The second-order valence-electron chi connectivity index (χ2n) is 12.1. The van der Waals surface area contributed by atoms with Gasteiger partial charge in [0.25, 0.3) is 27.7 Å². The SMILES string of the molecule is Cc1ccccc1S(=O)(=O)NC(=O)c1cccc(-c2nc(-c3ccc(N(C)CCC(C)C)c(N4Cc5ccccc5C4=O)c3)no2)c1. The topological polar surface area (TPSA) is 126 Å². The first-order valence-electron chi connectivity index (χ1n) is 15.3. The highest BCUT2D eigenvalue weighted by Crippen LogP contribution is 2.38. The van der Waals surface area contributed by atoms with Crippen LogP contribution >= 0.6 is 0 Å². The quantitative estimate of drug-likeness (QED) is 0.182. The van der Waals surface area contributed by atoms with E-state index in [-0.39, 0.29) is 22.3 Å². The van der Waals surface area contributed by atoms with Crippen LogP contribution in [0.15, 0.2) is 100 Å². The van der Waals surface area contributed by atoms with Crippen LogP contribution in [0.4, 0.5) is 11.4 Å². The van der Waals surface area contributed by atoms with E-state index in [0.29, 0.717) is 40.5 Å². The molecule has 5 aromatic rings. The van der Waals surface area contributed by atoms with Crippen molar-refractivity contribution in [2.45, 2.75) is 38.6 Å². The standard InChI is InChI=1S/C36H35N5O5S/c1-23(2)18-19-40(4)30-17-16-25(21-31(30)41-22-28-11-6-7-14-29(28)36(41)43)33-37-35(46-38-33)27-13-9-12-26(20-27)34(42)39-47(44,45)32-15-8-5-10-24(32)3/h5-17,20-21,23H,18-19,22H2,1-4H3,(H,39,42). The van der Waals surface area contributed by atoms with Gasteiger partial charge in [0.15, 0.2) is 0 Å². The number of hydrogen-bond acceptors (Lipinski definition) is 8. The molecule has 1 N–H and O–H groups in total. The number of hydrogen-bond donors (Lipinski definition) is 1. The maximum absolute atomic E-state index is 13.5.